The molecule has 0 spiro atoms. The Kier molecular flexibility index (Phi) is 19.2. The number of carbonyl (C=O) groups excluding carboxylic acids is 6. The van der Waals surface area contributed by atoms with Crippen LogP contribution in [0.2, 0.25) is 0 Å². The molecule has 3 rings (SSSR count). The number of aromatic amines is 1. The summed E-state index contributed by atoms with van der Waals surface area (Å²) in [6, 6.07) is 0.452. The number of amides is 6. The third-order valence-electron chi connectivity index (χ3n) is 10.3. The van der Waals surface area contributed by atoms with Gasteiger partial charge in [0.25, 0.3) is 0 Å². The Morgan fingerprint density at radius 1 is 0.638 bits per heavy atom. The van der Waals surface area contributed by atoms with E-state index in [2.05, 4.69) is 42.2 Å². The molecule has 1 saturated heterocycles. The average Bonchev–Trinajstić information content (AvgIpc) is 3.54. The number of H-pyrrole nitrogens is 1. The maximum absolute atomic E-state index is 14.2. The van der Waals surface area contributed by atoms with E-state index in [1.165, 1.54) is 6.92 Å². The third kappa shape index (κ3) is 14.0. The van der Waals surface area contributed by atoms with Crippen molar-refractivity contribution in [2.75, 3.05) is 0 Å². The number of hydrogen-bond donors (Lipinski definition) is 9. The Morgan fingerprint density at radius 3 is 1.69 bits per heavy atom. The van der Waals surface area contributed by atoms with Crippen molar-refractivity contribution in [3.05, 3.63) is 36.0 Å². The lowest BCUT2D eigenvalue weighted by molar-refractivity contribution is -0.136. The molecule has 6 amide bonds. The Balaban J connectivity index is 0.00000571. The third-order valence-corrected chi connectivity index (χ3v) is 10.5. The van der Waals surface area contributed by atoms with Crippen LogP contribution < -0.4 is 37.2 Å². The highest BCUT2D eigenvalue weighted by atomic mass is 32.1. The van der Waals surface area contributed by atoms with Crippen molar-refractivity contribution in [1.29, 1.82) is 0 Å². The summed E-state index contributed by atoms with van der Waals surface area (Å²) >= 11 is 4.74. The number of rotatable bonds is 8. The minimum Gasteiger partial charge on any atom is -0.361 e. The van der Waals surface area contributed by atoms with Gasteiger partial charge in [-0.3, -0.25) is 28.8 Å². The zero-order chi connectivity index (χ0) is 44.2. The van der Waals surface area contributed by atoms with Gasteiger partial charge in [-0.25, -0.2) is 0 Å². The molecule has 1 aromatic carbocycles. The molecular weight excluding hydrogens is 757 g/mol. The van der Waals surface area contributed by atoms with Crippen molar-refractivity contribution < 1.29 is 28.8 Å². The van der Waals surface area contributed by atoms with Crippen LogP contribution in [-0.2, 0) is 35.2 Å². The van der Waals surface area contributed by atoms with E-state index >= 15 is 0 Å². The van der Waals surface area contributed by atoms with Gasteiger partial charge in [0.15, 0.2) is 0 Å². The van der Waals surface area contributed by atoms with Crippen LogP contribution in [0.5, 0.6) is 0 Å². The Labute approximate surface area is 351 Å². The summed E-state index contributed by atoms with van der Waals surface area (Å²) in [4.78, 5) is 87.1. The van der Waals surface area contributed by atoms with E-state index in [0.717, 1.165) is 16.5 Å². The molecule has 3 unspecified atom stereocenters. The van der Waals surface area contributed by atoms with Gasteiger partial charge in [-0.15, -0.1) is 0 Å². The van der Waals surface area contributed by atoms with Crippen LogP contribution in [0.3, 0.4) is 0 Å². The van der Waals surface area contributed by atoms with Gasteiger partial charge in [0.1, 0.15) is 36.3 Å². The molecule has 14 nitrogen and oxygen atoms in total. The number of para-hydroxylation sites is 1. The molecule has 0 aliphatic carbocycles. The first-order valence-corrected chi connectivity index (χ1v) is 21.3. The molecule has 326 valence electrons. The van der Waals surface area contributed by atoms with Crippen LogP contribution >= 0.6 is 12.6 Å². The highest BCUT2D eigenvalue weighted by molar-refractivity contribution is 7.81. The second-order valence-electron chi connectivity index (χ2n) is 17.3. The topological polar surface area (TPSA) is 202 Å². The van der Waals surface area contributed by atoms with E-state index in [1.54, 1.807) is 33.9 Å². The van der Waals surface area contributed by atoms with Crippen LogP contribution in [0.15, 0.2) is 30.5 Å². The summed E-state index contributed by atoms with van der Waals surface area (Å²) in [5.41, 5.74) is 1.62. The van der Waals surface area contributed by atoms with Crippen molar-refractivity contribution in [1.82, 2.24) is 42.2 Å². The number of thiol groups is 1. The average molecular weight is 829 g/mol. The minimum absolute atomic E-state index is 0.0355. The zero-order valence-corrected chi connectivity index (χ0v) is 38.0. The van der Waals surface area contributed by atoms with Gasteiger partial charge in [0.2, 0.25) is 35.4 Å². The summed E-state index contributed by atoms with van der Waals surface area (Å²) < 4.78 is -0.918. The standard InChI is InChI=1S/C41H66N8O6S.C2H6/c1-20(2)17-29-37(52)48-32(22(5)6)39(54)49-33(23(7)8)38(53)47-31(21(3)4)24(9)43-34(41(11,12)56)40(55)44-25(10)35(50)45-30(36(51)46-29)18-26-19-42-28-16-14-13-15-27(26)28;1-2/h13-16,19-25,29-34,42-43,56H,17-18H2,1-12H3,(H,44,55)(H,45,50)(H,46,51)(H,47,53)(H,48,52)(H,49,54);1-2H3/t24?,25-,29-,30+,31?,32+,33?,34-;/m1./s1. The summed E-state index contributed by atoms with van der Waals surface area (Å²) in [5.74, 6) is -4.07. The van der Waals surface area contributed by atoms with Gasteiger partial charge >= 0.3 is 0 Å². The number of hydrogen-bond acceptors (Lipinski definition) is 8. The predicted octanol–water partition coefficient (Wildman–Crippen LogP) is 3.75. The first-order chi connectivity index (χ1) is 27.0. The normalized spacial score (nSPS) is 26.5. The molecule has 8 N–H and O–H groups in total. The van der Waals surface area contributed by atoms with Gasteiger partial charge in [-0.05, 0) is 69.4 Å². The van der Waals surface area contributed by atoms with Gasteiger partial charge in [0, 0.05) is 40.4 Å². The lowest BCUT2D eigenvalue weighted by atomic mass is 9.93. The summed E-state index contributed by atoms with van der Waals surface area (Å²) in [6.07, 6.45) is 2.10. The van der Waals surface area contributed by atoms with E-state index < -0.39 is 88.5 Å². The molecule has 0 bridgehead atoms. The Hall–Kier alpha value is -4.11. The molecule has 1 aromatic heterocycles. The second-order valence-corrected chi connectivity index (χ2v) is 18.5. The summed E-state index contributed by atoms with van der Waals surface area (Å²) in [6.45, 7) is 25.9. The van der Waals surface area contributed by atoms with Crippen molar-refractivity contribution in [3.8, 4) is 0 Å². The molecule has 0 saturated carbocycles. The molecule has 0 radical (unpaired) electrons. The maximum Gasteiger partial charge on any atom is 0.243 e. The van der Waals surface area contributed by atoms with Gasteiger partial charge in [0.05, 0.1) is 0 Å². The Bertz CT molecular complexity index is 1700. The summed E-state index contributed by atoms with van der Waals surface area (Å²) in [7, 11) is 0. The summed E-state index contributed by atoms with van der Waals surface area (Å²) in [5, 5.41) is 21.5. The molecule has 1 fully saturated rings. The fourth-order valence-electron chi connectivity index (χ4n) is 7.02. The van der Waals surface area contributed by atoms with E-state index in [4.69, 9.17) is 12.6 Å². The van der Waals surface area contributed by atoms with Crippen molar-refractivity contribution in [3.63, 3.8) is 0 Å². The van der Waals surface area contributed by atoms with Crippen LogP contribution in [0.1, 0.15) is 109 Å². The molecule has 2 aromatic rings. The molecule has 2 heterocycles. The number of aromatic nitrogens is 1. The van der Waals surface area contributed by atoms with E-state index in [-0.39, 0.29) is 36.5 Å². The molecule has 1 aliphatic heterocycles. The molecule has 1 aliphatic rings. The first-order valence-electron chi connectivity index (χ1n) is 20.9. The molecule has 58 heavy (non-hydrogen) atoms. The number of nitrogens with one attached hydrogen (secondary N) is 8. The largest absolute Gasteiger partial charge is 0.361 e. The van der Waals surface area contributed by atoms with E-state index in [1.807, 2.05) is 86.6 Å². The van der Waals surface area contributed by atoms with Crippen LogP contribution in [0.25, 0.3) is 10.9 Å². The van der Waals surface area contributed by atoms with E-state index in [9.17, 15) is 28.8 Å². The number of fused-ring (bicyclic) bond motifs is 1. The predicted molar refractivity (Wildman–Crippen MR) is 234 cm³/mol. The monoisotopic (exact) mass is 829 g/mol. The lowest BCUT2D eigenvalue weighted by Crippen LogP contribution is -2.64. The fraction of sp³-hybridized carbons (Fsp3) is 0.674. The molecular formula is C43H72N8O6S. The second kappa shape index (κ2) is 22.3. The van der Waals surface area contributed by atoms with Crippen molar-refractivity contribution >= 4 is 59.0 Å². The van der Waals surface area contributed by atoms with Crippen LogP contribution in [0, 0.1) is 23.7 Å². The highest BCUT2D eigenvalue weighted by Crippen LogP contribution is 2.22. The van der Waals surface area contributed by atoms with Gasteiger partial charge < -0.3 is 42.2 Å². The fourth-order valence-corrected chi connectivity index (χ4v) is 7.21. The Morgan fingerprint density at radius 2 is 1.16 bits per heavy atom. The van der Waals surface area contributed by atoms with Crippen molar-refractivity contribution in [2.45, 2.75) is 163 Å². The van der Waals surface area contributed by atoms with Crippen LogP contribution in [-0.4, -0.2) is 93.5 Å². The maximum atomic E-state index is 14.2. The first kappa shape index (κ1) is 50.0. The smallest absolute Gasteiger partial charge is 0.243 e. The molecule has 15 heteroatoms. The lowest BCUT2D eigenvalue weighted by Gasteiger charge is -2.37. The zero-order valence-electron chi connectivity index (χ0n) is 37.1. The van der Waals surface area contributed by atoms with Gasteiger partial charge in [-0.2, -0.15) is 12.6 Å². The van der Waals surface area contributed by atoms with Crippen LogP contribution in [0.4, 0.5) is 0 Å². The van der Waals surface area contributed by atoms with Crippen molar-refractivity contribution in [2.24, 2.45) is 23.7 Å². The molecule has 8 atom stereocenters. The van der Waals surface area contributed by atoms with E-state index in [0.29, 0.717) is 0 Å². The quantitative estimate of drug-likeness (QED) is 0.180. The number of benzene rings is 1. The number of carbonyl (C=O) groups is 6. The van der Waals surface area contributed by atoms with Gasteiger partial charge in [-0.1, -0.05) is 87.4 Å². The SMILES string of the molecule is CC.CC(C)C[C@H]1NC(=O)[C@H](Cc2c[nH]c3ccccc23)NC(=O)[C@@H](C)NC(=O)[C@H](C(C)(C)S)NC(C)C(C(C)C)NC(=O)C(C(C)C)NC(=O)[C@H](C(C)C)NC1=O. The highest BCUT2D eigenvalue weighted by Gasteiger charge is 2.39. The minimum atomic E-state index is -1.15.